The molecular formula is C28H30N2O4. The van der Waals surface area contributed by atoms with E-state index in [1.807, 2.05) is 58.0 Å². The number of hydrogen-bond acceptors (Lipinski definition) is 5. The van der Waals surface area contributed by atoms with Crippen LogP contribution in [0.4, 0.5) is 10.6 Å². The van der Waals surface area contributed by atoms with Crippen molar-refractivity contribution in [3.05, 3.63) is 83.0 Å². The number of ether oxygens (including phenoxy) is 2. The molecule has 1 amide bonds. The van der Waals surface area contributed by atoms with Crippen LogP contribution in [0.3, 0.4) is 0 Å². The molecule has 6 heteroatoms. The minimum atomic E-state index is -0.571. The summed E-state index contributed by atoms with van der Waals surface area (Å²) in [5.74, 6) is 0.0962. The van der Waals surface area contributed by atoms with E-state index in [-0.39, 0.29) is 24.9 Å². The molecule has 1 N–H and O–H groups in total. The Morgan fingerprint density at radius 2 is 1.59 bits per heavy atom. The van der Waals surface area contributed by atoms with Crippen molar-refractivity contribution >= 4 is 17.9 Å². The molecule has 0 aliphatic heterocycles. The number of pyridine rings is 1. The van der Waals surface area contributed by atoms with Crippen LogP contribution in [0, 0.1) is 6.92 Å². The van der Waals surface area contributed by atoms with Crippen LogP contribution in [0.5, 0.6) is 0 Å². The van der Waals surface area contributed by atoms with Gasteiger partial charge in [-0.1, -0.05) is 48.5 Å². The van der Waals surface area contributed by atoms with Crippen LogP contribution in [0.25, 0.3) is 11.1 Å². The van der Waals surface area contributed by atoms with E-state index in [1.54, 1.807) is 6.20 Å². The van der Waals surface area contributed by atoms with Gasteiger partial charge < -0.3 is 9.47 Å². The lowest BCUT2D eigenvalue weighted by molar-refractivity contribution is -0.154. The smallest absolute Gasteiger partial charge is 0.412 e. The highest BCUT2D eigenvalue weighted by Crippen LogP contribution is 2.44. The van der Waals surface area contributed by atoms with Gasteiger partial charge in [-0.3, -0.25) is 10.1 Å². The van der Waals surface area contributed by atoms with Gasteiger partial charge in [-0.15, -0.1) is 0 Å². The first-order valence-corrected chi connectivity index (χ1v) is 11.5. The minimum absolute atomic E-state index is 0.0183. The summed E-state index contributed by atoms with van der Waals surface area (Å²) >= 11 is 0. The van der Waals surface area contributed by atoms with Crippen molar-refractivity contribution in [1.82, 2.24) is 4.98 Å². The van der Waals surface area contributed by atoms with Gasteiger partial charge in [0, 0.05) is 18.5 Å². The molecule has 1 aromatic heterocycles. The molecule has 1 aliphatic carbocycles. The Balaban J connectivity index is 1.42. The fourth-order valence-electron chi connectivity index (χ4n) is 4.36. The average molecular weight is 459 g/mol. The molecule has 176 valence electrons. The van der Waals surface area contributed by atoms with E-state index in [0.717, 1.165) is 22.3 Å². The SMILES string of the molecule is Cc1ccnc(NC(=O)OCC2c3ccccc3-c3ccccc32)c1CCC(=O)OC(C)(C)C. The lowest BCUT2D eigenvalue weighted by Crippen LogP contribution is -2.24. The number of nitrogens with zero attached hydrogens (tertiary/aromatic N) is 1. The van der Waals surface area contributed by atoms with E-state index >= 15 is 0 Å². The predicted molar refractivity (Wildman–Crippen MR) is 132 cm³/mol. The zero-order chi connectivity index (χ0) is 24.3. The van der Waals surface area contributed by atoms with Crippen molar-refractivity contribution in [3.8, 4) is 11.1 Å². The number of aromatic nitrogens is 1. The third kappa shape index (κ3) is 5.28. The lowest BCUT2D eigenvalue weighted by atomic mass is 9.98. The molecule has 0 spiro atoms. The minimum Gasteiger partial charge on any atom is -0.460 e. The van der Waals surface area contributed by atoms with Crippen molar-refractivity contribution in [1.29, 1.82) is 0 Å². The Labute approximate surface area is 200 Å². The van der Waals surface area contributed by atoms with Crippen LogP contribution in [-0.4, -0.2) is 29.3 Å². The highest BCUT2D eigenvalue weighted by Gasteiger charge is 2.29. The molecule has 0 radical (unpaired) electrons. The van der Waals surface area contributed by atoms with Crippen molar-refractivity contribution in [2.75, 3.05) is 11.9 Å². The maximum atomic E-state index is 12.7. The lowest BCUT2D eigenvalue weighted by Gasteiger charge is -2.20. The molecular weight excluding hydrogens is 428 g/mol. The predicted octanol–water partition coefficient (Wildman–Crippen LogP) is 6.03. The quantitative estimate of drug-likeness (QED) is 0.457. The Morgan fingerprint density at radius 3 is 2.21 bits per heavy atom. The van der Waals surface area contributed by atoms with Crippen LogP contribution in [0.1, 0.15) is 55.4 Å². The summed E-state index contributed by atoms with van der Waals surface area (Å²) in [7, 11) is 0. The summed E-state index contributed by atoms with van der Waals surface area (Å²) in [6.07, 6.45) is 1.67. The second-order valence-electron chi connectivity index (χ2n) is 9.49. The largest absolute Gasteiger partial charge is 0.460 e. The molecule has 2 aromatic carbocycles. The molecule has 1 aliphatic rings. The maximum Gasteiger partial charge on any atom is 0.412 e. The number of nitrogens with one attached hydrogen (secondary N) is 1. The van der Waals surface area contributed by atoms with Gasteiger partial charge in [-0.2, -0.15) is 0 Å². The number of carbonyl (C=O) groups excluding carboxylic acids is 2. The number of hydrogen-bond donors (Lipinski definition) is 1. The highest BCUT2D eigenvalue weighted by molar-refractivity contribution is 5.85. The standard InChI is InChI=1S/C28H30N2O4/c1-18-15-16-29-26(19(18)13-14-25(31)34-28(2,3)4)30-27(32)33-17-24-22-11-7-5-9-20(22)21-10-6-8-12-23(21)24/h5-12,15-16,24H,13-14,17H2,1-4H3,(H,29,30,32). The third-order valence-electron chi connectivity index (χ3n) is 5.85. The molecule has 34 heavy (non-hydrogen) atoms. The Kier molecular flexibility index (Phi) is 6.68. The van der Waals surface area contributed by atoms with Gasteiger partial charge in [-0.25, -0.2) is 9.78 Å². The summed E-state index contributed by atoms with van der Waals surface area (Å²) in [4.78, 5) is 29.2. The third-order valence-corrected chi connectivity index (χ3v) is 5.85. The normalized spacial score (nSPS) is 12.6. The van der Waals surface area contributed by atoms with Crippen molar-refractivity contribution in [3.63, 3.8) is 0 Å². The van der Waals surface area contributed by atoms with Gasteiger partial charge in [0.15, 0.2) is 0 Å². The zero-order valence-electron chi connectivity index (χ0n) is 20.1. The molecule has 0 bridgehead atoms. The number of amides is 1. The van der Waals surface area contributed by atoms with E-state index in [0.29, 0.717) is 12.2 Å². The Hall–Kier alpha value is -3.67. The van der Waals surface area contributed by atoms with Gasteiger partial charge in [0.05, 0.1) is 0 Å². The molecule has 3 aromatic rings. The van der Waals surface area contributed by atoms with Crippen LogP contribution >= 0.6 is 0 Å². The van der Waals surface area contributed by atoms with E-state index in [1.165, 1.54) is 11.1 Å². The van der Waals surface area contributed by atoms with E-state index < -0.39 is 11.7 Å². The zero-order valence-corrected chi connectivity index (χ0v) is 20.1. The fraction of sp³-hybridized carbons (Fsp3) is 0.321. The van der Waals surface area contributed by atoms with Crippen molar-refractivity contribution in [2.45, 2.75) is 52.1 Å². The number of aryl methyl sites for hydroxylation is 1. The number of carbonyl (C=O) groups is 2. The Bertz CT molecular complexity index is 1170. The molecule has 4 rings (SSSR count). The number of benzene rings is 2. The maximum absolute atomic E-state index is 12.7. The van der Waals surface area contributed by atoms with Crippen molar-refractivity contribution < 1.29 is 19.1 Å². The molecule has 1 heterocycles. The molecule has 0 unspecified atom stereocenters. The molecule has 0 saturated heterocycles. The van der Waals surface area contributed by atoms with Gasteiger partial charge in [0.25, 0.3) is 0 Å². The molecule has 0 saturated carbocycles. The summed E-state index contributed by atoms with van der Waals surface area (Å²) in [5, 5.41) is 2.77. The molecule has 6 nitrogen and oxygen atoms in total. The molecule has 0 atom stereocenters. The van der Waals surface area contributed by atoms with Crippen LogP contribution < -0.4 is 5.32 Å². The summed E-state index contributed by atoms with van der Waals surface area (Å²) in [6.45, 7) is 7.66. The van der Waals surface area contributed by atoms with Crippen LogP contribution in [-0.2, 0) is 20.7 Å². The monoisotopic (exact) mass is 458 g/mol. The molecule has 0 fully saturated rings. The Morgan fingerprint density at radius 1 is 0.971 bits per heavy atom. The second kappa shape index (κ2) is 9.67. The van der Waals surface area contributed by atoms with E-state index in [2.05, 4.69) is 34.6 Å². The first-order chi connectivity index (χ1) is 16.2. The summed E-state index contributed by atoms with van der Waals surface area (Å²) in [6, 6.07) is 18.3. The highest BCUT2D eigenvalue weighted by atomic mass is 16.6. The van der Waals surface area contributed by atoms with Crippen LogP contribution in [0.15, 0.2) is 60.8 Å². The topological polar surface area (TPSA) is 77.5 Å². The summed E-state index contributed by atoms with van der Waals surface area (Å²) in [5.41, 5.74) is 5.86. The average Bonchev–Trinajstić information content (AvgIpc) is 3.10. The van der Waals surface area contributed by atoms with Gasteiger partial charge in [-0.05, 0) is 73.6 Å². The fourth-order valence-corrected chi connectivity index (χ4v) is 4.36. The summed E-state index contributed by atoms with van der Waals surface area (Å²) < 4.78 is 11.1. The van der Waals surface area contributed by atoms with E-state index in [9.17, 15) is 9.59 Å². The first-order valence-electron chi connectivity index (χ1n) is 11.5. The number of anilines is 1. The van der Waals surface area contributed by atoms with Gasteiger partial charge in [0.1, 0.15) is 18.0 Å². The van der Waals surface area contributed by atoms with Crippen LogP contribution in [0.2, 0.25) is 0 Å². The number of esters is 1. The number of fused-ring (bicyclic) bond motifs is 3. The van der Waals surface area contributed by atoms with E-state index in [4.69, 9.17) is 9.47 Å². The first kappa shape index (κ1) is 23.5. The second-order valence-corrected chi connectivity index (χ2v) is 9.49. The number of rotatable bonds is 6. The van der Waals surface area contributed by atoms with Crippen molar-refractivity contribution in [2.24, 2.45) is 0 Å². The van der Waals surface area contributed by atoms with Gasteiger partial charge in [0.2, 0.25) is 0 Å². The van der Waals surface area contributed by atoms with Gasteiger partial charge >= 0.3 is 12.1 Å².